The summed E-state index contributed by atoms with van der Waals surface area (Å²) in [4.78, 5) is 12.0. The Kier molecular flexibility index (Phi) is 8.19. The van der Waals surface area contributed by atoms with Crippen molar-refractivity contribution in [3.8, 4) is 5.75 Å². The van der Waals surface area contributed by atoms with Gasteiger partial charge in [0, 0.05) is 28.7 Å². The second kappa shape index (κ2) is 10.7. The van der Waals surface area contributed by atoms with Crippen LogP contribution in [0.5, 0.6) is 5.75 Å². The lowest BCUT2D eigenvalue weighted by Crippen LogP contribution is -2.16. The van der Waals surface area contributed by atoms with Crippen molar-refractivity contribution in [2.75, 3.05) is 23.4 Å². The van der Waals surface area contributed by atoms with Crippen molar-refractivity contribution >= 4 is 22.4 Å². The third kappa shape index (κ3) is 7.10. The van der Waals surface area contributed by atoms with Crippen molar-refractivity contribution in [3.05, 3.63) is 60.2 Å². The molecule has 1 amide bonds. The highest BCUT2D eigenvalue weighted by molar-refractivity contribution is 7.84. The molecule has 4 nitrogen and oxygen atoms in total. The van der Waals surface area contributed by atoms with Gasteiger partial charge in [0.1, 0.15) is 5.75 Å². The molecule has 0 radical (unpaired) electrons. The maximum atomic E-state index is 12.0. The predicted octanol–water partition coefficient (Wildman–Crippen LogP) is 3.80. The van der Waals surface area contributed by atoms with Gasteiger partial charge in [-0.2, -0.15) is 0 Å². The highest BCUT2D eigenvalue weighted by Crippen LogP contribution is 2.24. The number of carbonyl (C=O) groups excluding carboxylic acids is 1. The topological polar surface area (TPSA) is 55.4 Å². The zero-order valence-corrected chi connectivity index (χ0v) is 15.4. The summed E-state index contributed by atoms with van der Waals surface area (Å²) in [5.41, 5.74) is 1.95. The Morgan fingerprint density at radius 2 is 1.80 bits per heavy atom. The maximum Gasteiger partial charge on any atom is 0.225 e. The summed E-state index contributed by atoms with van der Waals surface area (Å²) >= 11 is 0. The Morgan fingerprint density at radius 3 is 2.56 bits per heavy atom. The molecule has 134 valence electrons. The molecule has 1 atom stereocenters. The van der Waals surface area contributed by atoms with E-state index in [1.807, 2.05) is 49.4 Å². The molecule has 0 heterocycles. The van der Waals surface area contributed by atoms with E-state index in [0.29, 0.717) is 29.5 Å². The molecule has 0 aliphatic rings. The van der Waals surface area contributed by atoms with E-state index in [1.54, 1.807) is 0 Å². The van der Waals surface area contributed by atoms with Crippen molar-refractivity contribution < 1.29 is 13.7 Å². The molecule has 1 N–H and O–H groups in total. The monoisotopic (exact) mass is 359 g/mol. The molecule has 0 fully saturated rings. The van der Waals surface area contributed by atoms with E-state index >= 15 is 0 Å². The van der Waals surface area contributed by atoms with E-state index in [4.69, 9.17) is 4.74 Å². The number of hydrogen-bond donors (Lipinski definition) is 1. The first-order valence-corrected chi connectivity index (χ1v) is 10.1. The summed E-state index contributed by atoms with van der Waals surface area (Å²) in [6, 6.07) is 17.7. The van der Waals surface area contributed by atoms with Crippen molar-refractivity contribution in [3.63, 3.8) is 0 Å². The first-order valence-electron chi connectivity index (χ1n) is 8.59. The summed E-state index contributed by atoms with van der Waals surface area (Å²) < 4.78 is 17.3. The zero-order chi connectivity index (χ0) is 17.9. The van der Waals surface area contributed by atoms with Crippen LogP contribution in [0.25, 0.3) is 0 Å². The molecule has 0 unspecified atom stereocenters. The molecule has 2 aromatic rings. The second-order valence-corrected chi connectivity index (χ2v) is 7.53. The molecule has 25 heavy (non-hydrogen) atoms. The summed E-state index contributed by atoms with van der Waals surface area (Å²) in [6.07, 6.45) is 2.11. The summed E-state index contributed by atoms with van der Waals surface area (Å²) in [5, 5.41) is 2.85. The van der Waals surface area contributed by atoms with Crippen molar-refractivity contribution in [2.45, 2.75) is 26.2 Å². The van der Waals surface area contributed by atoms with Gasteiger partial charge in [-0.05, 0) is 30.5 Å². The fraction of sp³-hybridized carbons (Fsp3) is 0.350. The molecule has 5 heteroatoms. The number of aryl methyl sites for hydroxylation is 1. The third-order valence-electron chi connectivity index (χ3n) is 3.75. The molecule has 0 saturated carbocycles. The fourth-order valence-electron chi connectivity index (χ4n) is 2.36. The molecule has 0 saturated heterocycles. The van der Waals surface area contributed by atoms with Crippen LogP contribution in [0.2, 0.25) is 0 Å². The Hall–Kier alpha value is -2.14. The zero-order valence-electron chi connectivity index (χ0n) is 14.6. The van der Waals surface area contributed by atoms with Gasteiger partial charge in [-0.1, -0.05) is 49.4 Å². The minimum Gasteiger partial charge on any atom is -0.491 e. The van der Waals surface area contributed by atoms with Gasteiger partial charge in [-0.3, -0.25) is 9.00 Å². The Labute approximate surface area is 152 Å². The fourth-order valence-corrected chi connectivity index (χ4v) is 3.06. The summed E-state index contributed by atoms with van der Waals surface area (Å²) in [5.74, 6) is 1.50. The largest absolute Gasteiger partial charge is 0.491 e. The number of nitrogens with one attached hydrogen (secondary N) is 1. The molecule has 0 aliphatic carbocycles. The van der Waals surface area contributed by atoms with E-state index in [1.165, 1.54) is 5.56 Å². The average molecular weight is 359 g/mol. The standard InChI is InChI=1S/C20H25NO3S/c1-2-25(23)16-14-20(22)21-18-12-6-7-13-19(18)24-15-8-11-17-9-4-3-5-10-17/h3-7,9-10,12-13H,2,8,11,14-16H2,1H3,(H,21,22)/t25-/m1/s1. The number of hydrogen-bond acceptors (Lipinski definition) is 3. The molecular formula is C20H25NO3S. The molecule has 0 spiro atoms. The van der Waals surface area contributed by atoms with Gasteiger partial charge < -0.3 is 10.1 Å². The molecule has 2 rings (SSSR count). The maximum absolute atomic E-state index is 12.0. The van der Waals surface area contributed by atoms with Crippen LogP contribution < -0.4 is 10.1 Å². The first kappa shape index (κ1) is 19.2. The predicted molar refractivity (Wildman–Crippen MR) is 103 cm³/mol. The Morgan fingerprint density at radius 1 is 1.08 bits per heavy atom. The molecular weight excluding hydrogens is 334 g/mol. The van der Waals surface area contributed by atoms with E-state index in [9.17, 15) is 9.00 Å². The molecule has 2 aromatic carbocycles. The van der Waals surface area contributed by atoms with Crippen LogP contribution in [-0.2, 0) is 22.0 Å². The second-order valence-electron chi connectivity index (χ2n) is 5.66. The Balaban J connectivity index is 1.81. The number of carbonyl (C=O) groups is 1. The first-order chi connectivity index (χ1) is 12.2. The van der Waals surface area contributed by atoms with Crippen molar-refractivity contribution in [1.82, 2.24) is 0 Å². The van der Waals surface area contributed by atoms with Crippen LogP contribution in [0.15, 0.2) is 54.6 Å². The number of para-hydroxylation sites is 2. The van der Waals surface area contributed by atoms with E-state index in [0.717, 1.165) is 12.8 Å². The minimum absolute atomic E-state index is 0.137. The number of anilines is 1. The molecule has 0 aliphatic heterocycles. The average Bonchev–Trinajstić information content (AvgIpc) is 2.65. The van der Waals surface area contributed by atoms with E-state index in [2.05, 4.69) is 17.4 Å². The van der Waals surface area contributed by atoms with Gasteiger partial charge in [0.2, 0.25) is 5.91 Å². The van der Waals surface area contributed by atoms with E-state index < -0.39 is 10.8 Å². The highest BCUT2D eigenvalue weighted by atomic mass is 32.2. The number of rotatable bonds is 10. The van der Waals surface area contributed by atoms with E-state index in [-0.39, 0.29) is 12.3 Å². The minimum atomic E-state index is -0.927. The van der Waals surface area contributed by atoms with Gasteiger partial charge in [0.05, 0.1) is 12.3 Å². The third-order valence-corrected chi connectivity index (χ3v) is 5.05. The number of ether oxygens (including phenoxy) is 1. The number of amides is 1. The van der Waals surface area contributed by atoms with Gasteiger partial charge in [-0.25, -0.2) is 0 Å². The van der Waals surface area contributed by atoms with Crippen LogP contribution in [0.1, 0.15) is 25.3 Å². The Bertz CT molecular complexity index is 688. The van der Waals surface area contributed by atoms with Gasteiger partial charge in [0.15, 0.2) is 0 Å². The van der Waals surface area contributed by atoms with Gasteiger partial charge in [0.25, 0.3) is 0 Å². The molecule has 0 bridgehead atoms. The number of benzene rings is 2. The van der Waals surface area contributed by atoms with Gasteiger partial charge in [-0.15, -0.1) is 0 Å². The van der Waals surface area contributed by atoms with Crippen LogP contribution in [-0.4, -0.2) is 28.2 Å². The smallest absolute Gasteiger partial charge is 0.225 e. The van der Waals surface area contributed by atoms with Crippen LogP contribution >= 0.6 is 0 Å². The highest BCUT2D eigenvalue weighted by Gasteiger charge is 2.09. The van der Waals surface area contributed by atoms with Crippen LogP contribution in [0.3, 0.4) is 0 Å². The lowest BCUT2D eigenvalue weighted by atomic mass is 10.1. The SMILES string of the molecule is CC[S@@](=O)CCC(=O)Nc1ccccc1OCCCc1ccccc1. The van der Waals surface area contributed by atoms with Crippen molar-refractivity contribution in [1.29, 1.82) is 0 Å². The lowest BCUT2D eigenvalue weighted by molar-refractivity contribution is -0.115. The quantitative estimate of drug-likeness (QED) is 0.657. The van der Waals surface area contributed by atoms with Crippen LogP contribution in [0, 0.1) is 0 Å². The van der Waals surface area contributed by atoms with Crippen molar-refractivity contribution in [2.24, 2.45) is 0 Å². The normalized spacial score (nSPS) is 11.7. The van der Waals surface area contributed by atoms with Gasteiger partial charge >= 0.3 is 0 Å². The molecule has 0 aromatic heterocycles. The summed E-state index contributed by atoms with van der Waals surface area (Å²) in [6.45, 7) is 2.44. The van der Waals surface area contributed by atoms with Crippen LogP contribution in [0.4, 0.5) is 5.69 Å². The lowest BCUT2D eigenvalue weighted by Gasteiger charge is -2.12. The summed E-state index contributed by atoms with van der Waals surface area (Å²) in [7, 11) is -0.927.